The molecule has 0 aliphatic carbocycles. The third kappa shape index (κ3) is 3.17. The zero-order valence-corrected chi connectivity index (χ0v) is 11.0. The van der Waals surface area contributed by atoms with Crippen LogP contribution in [0.5, 0.6) is 0 Å². The monoisotopic (exact) mass is 263 g/mol. The Morgan fingerprint density at radius 1 is 1.39 bits per heavy atom. The van der Waals surface area contributed by atoms with Gasteiger partial charge in [0, 0.05) is 18.0 Å². The summed E-state index contributed by atoms with van der Waals surface area (Å²) in [5.74, 6) is 0.931. The summed E-state index contributed by atoms with van der Waals surface area (Å²) < 4.78 is 0. The van der Waals surface area contributed by atoms with Gasteiger partial charge in [-0.25, -0.2) is 4.98 Å². The zero-order valence-electron chi connectivity index (χ0n) is 10.3. The zero-order chi connectivity index (χ0) is 13.1. The van der Waals surface area contributed by atoms with Crippen molar-refractivity contribution in [2.75, 3.05) is 0 Å². The molecule has 2 rings (SSSR count). The minimum Gasteiger partial charge on any atom is -0.305 e. The Bertz CT molecular complexity index is 590. The normalized spacial score (nSPS) is 10.9. The largest absolute Gasteiger partial charge is 0.305 e. The molecule has 0 bridgehead atoms. The second-order valence-electron chi connectivity index (χ2n) is 4.54. The van der Waals surface area contributed by atoms with E-state index in [2.05, 4.69) is 28.8 Å². The second kappa shape index (κ2) is 5.31. The molecule has 0 unspecified atom stereocenters. The molecule has 0 aromatic carbocycles. The molecular weight excluding hydrogens is 250 g/mol. The van der Waals surface area contributed by atoms with Crippen molar-refractivity contribution < 1.29 is 0 Å². The summed E-state index contributed by atoms with van der Waals surface area (Å²) in [5, 5.41) is 0.555. The van der Waals surface area contributed by atoms with E-state index in [1.807, 2.05) is 0 Å². The summed E-state index contributed by atoms with van der Waals surface area (Å²) in [7, 11) is 0. The maximum atomic E-state index is 11.6. The average molecular weight is 264 g/mol. The molecule has 18 heavy (non-hydrogen) atoms. The number of rotatable bonds is 3. The van der Waals surface area contributed by atoms with Gasteiger partial charge in [0.2, 0.25) is 0 Å². The number of halogens is 1. The lowest BCUT2D eigenvalue weighted by Crippen LogP contribution is -2.12. The quantitative estimate of drug-likeness (QED) is 0.926. The fraction of sp³-hybridized carbons (Fsp3) is 0.308. The van der Waals surface area contributed by atoms with Crippen LogP contribution in [-0.4, -0.2) is 15.0 Å². The highest BCUT2D eigenvalue weighted by molar-refractivity contribution is 6.30. The summed E-state index contributed by atoms with van der Waals surface area (Å²) in [6.07, 6.45) is 2.30. The molecule has 0 aliphatic rings. The molecule has 2 aromatic rings. The molecule has 0 atom stereocenters. The van der Waals surface area contributed by atoms with Crippen molar-refractivity contribution in [2.45, 2.75) is 20.3 Å². The SMILES string of the molecule is CC(C)Cc1cc(=O)[nH]c(-c2ccc(Cl)cn2)n1. The van der Waals surface area contributed by atoms with Crippen LogP contribution in [0.25, 0.3) is 11.5 Å². The second-order valence-corrected chi connectivity index (χ2v) is 4.98. The van der Waals surface area contributed by atoms with E-state index in [1.165, 1.54) is 12.3 Å². The van der Waals surface area contributed by atoms with E-state index in [-0.39, 0.29) is 5.56 Å². The van der Waals surface area contributed by atoms with E-state index in [1.54, 1.807) is 12.1 Å². The lowest BCUT2D eigenvalue weighted by molar-refractivity contribution is 0.633. The Morgan fingerprint density at radius 2 is 2.17 bits per heavy atom. The number of hydrogen-bond donors (Lipinski definition) is 1. The molecule has 0 spiro atoms. The Balaban J connectivity index is 2.41. The minimum absolute atomic E-state index is 0.160. The van der Waals surface area contributed by atoms with Crippen LogP contribution in [0, 0.1) is 5.92 Å². The first-order chi connectivity index (χ1) is 8.54. The average Bonchev–Trinajstić information content (AvgIpc) is 2.28. The van der Waals surface area contributed by atoms with Crippen molar-refractivity contribution in [1.29, 1.82) is 0 Å². The summed E-state index contributed by atoms with van der Waals surface area (Å²) in [4.78, 5) is 22.8. The van der Waals surface area contributed by atoms with Crippen molar-refractivity contribution in [1.82, 2.24) is 15.0 Å². The Kier molecular flexibility index (Phi) is 3.77. The van der Waals surface area contributed by atoms with Gasteiger partial charge in [0.05, 0.1) is 5.02 Å². The minimum atomic E-state index is -0.160. The van der Waals surface area contributed by atoms with E-state index in [0.717, 1.165) is 12.1 Å². The highest BCUT2D eigenvalue weighted by atomic mass is 35.5. The van der Waals surface area contributed by atoms with Crippen molar-refractivity contribution in [3.63, 3.8) is 0 Å². The number of hydrogen-bond acceptors (Lipinski definition) is 3. The molecule has 2 heterocycles. The predicted octanol–water partition coefficient (Wildman–Crippen LogP) is 2.68. The van der Waals surface area contributed by atoms with Gasteiger partial charge in [-0.05, 0) is 24.5 Å². The maximum Gasteiger partial charge on any atom is 0.251 e. The molecule has 0 amide bonds. The smallest absolute Gasteiger partial charge is 0.251 e. The van der Waals surface area contributed by atoms with E-state index >= 15 is 0 Å². The molecule has 0 fully saturated rings. The van der Waals surface area contributed by atoms with Gasteiger partial charge < -0.3 is 4.98 Å². The van der Waals surface area contributed by atoms with Gasteiger partial charge in [-0.15, -0.1) is 0 Å². The number of aromatic nitrogens is 3. The third-order valence-electron chi connectivity index (χ3n) is 2.38. The van der Waals surface area contributed by atoms with Gasteiger partial charge in [0.1, 0.15) is 5.69 Å². The van der Waals surface area contributed by atoms with E-state index in [9.17, 15) is 4.79 Å². The molecule has 1 N–H and O–H groups in total. The van der Waals surface area contributed by atoms with Gasteiger partial charge in [-0.2, -0.15) is 0 Å². The lowest BCUT2D eigenvalue weighted by atomic mass is 10.1. The van der Waals surface area contributed by atoms with Crippen LogP contribution in [0.15, 0.2) is 29.2 Å². The van der Waals surface area contributed by atoms with Crippen molar-refractivity contribution in [3.8, 4) is 11.5 Å². The van der Waals surface area contributed by atoms with Crippen LogP contribution in [0.1, 0.15) is 19.5 Å². The number of H-pyrrole nitrogens is 1. The van der Waals surface area contributed by atoms with Crippen LogP contribution in [-0.2, 0) is 6.42 Å². The first-order valence-electron chi connectivity index (χ1n) is 5.77. The van der Waals surface area contributed by atoms with Gasteiger partial charge in [0.25, 0.3) is 5.56 Å². The summed E-state index contributed by atoms with van der Waals surface area (Å²) in [5.41, 5.74) is 1.23. The van der Waals surface area contributed by atoms with Gasteiger partial charge in [-0.3, -0.25) is 9.78 Å². The van der Waals surface area contributed by atoms with Crippen LogP contribution in [0.2, 0.25) is 5.02 Å². The lowest BCUT2D eigenvalue weighted by Gasteiger charge is -2.06. The summed E-state index contributed by atoms with van der Waals surface area (Å²) in [6.45, 7) is 4.17. The number of pyridine rings is 1. The predicted molar refractivity (Wildman–Crippen MR) is 71.6 cm³/mol. The van der Waals surface area contributed by atoms with E-state index < -0.39 is 0 Å². The maximum absolute atomic E-state index is 11.6. The topological polar surface area (TPSA) is 58.6 Å². The van der Waals surface area contributed by atoms with E-state index in [4.69, 9.17) is 11.6 Å². The van der Waals surface area contributed by atoms with Crippen molar-refractivity contribution in [3.05, 3.63) is 45.5 Å². The van der Waals surface area contributed by atoms with Crippen LogP contribution in [0.3, 0.4) is 0 Å². The first-order valence-corrected chi connectivity index (χ1v) is 6.14. The highest BCUT2D eigenvalue weighted by Gasteiger charge is 2.06. The molecule has 0 saturated heterocycles. The van der Waals surface area contributed by atoms with Crippen molar-refractivity contribution in [2.24, 2.45) is 5.92 Å². The molecule has 0 aliphatic heterocycles. The summed E-state index contributed by atoms with van der Waals surface area (Å²) >= 11 is 5.78. The Hall–Kier alpha value is -1.68. The fourth-order valence-electron chi connectivity index (χ4n) is 1.67. The molecule has 0 saturated carbocycles. The third-order valence-corrected chi connectivity index (χ3v) is 2.61. The molecule has 94 valence electrons. The number of aromatic amines is 1. The van der Waals surface area contributed by atoms with Crippen LogP contribution < -0.4 is 5.56 Å². The highest BCUT2D eigenvalue weighted by Crippen LogP contribution is 2.14. The number of nitrogens with zero attached hydrogens (tertiary/aromatic N) is 2. The molecule has 5 heteroatoms. The Morgan fingerprint density at radius 3 is 2.78 bits per heavy atom. The standard InChI is InChI=1S/C13H14ClN3O/c1-8(2)5-10-6-12(18)17-13(16-10)11-4-3-9(14)7-15-11/h3-4,6-8H,5H2,1-2H3,(H,16,17,18). The van der Waals surface area contributed by atoms with Gasteiger partial charge in [0.15, 0.2) is 5.82 Å². The number of nitrogens with one attached hydrogen (secondary N) is 1. The molecule has 0 radical (unpaired) electrons. The summed E-state index contributed by atoms with van der Waals surface area (Å²) in [6, 6.07) is 4.98. The van der Waals surface area contributed by atoms with Crippen LogP contribution in [0.4, 0.5) is 0 Å². The molecular formula is C13H14ClN3O. The van der Waals surface area contributed by atoms with Crippen molar-refractivity contribution >= 4 is 11.6 Å². The molecule has 4 nitrogen and oxygen atoms in total. The van der Waals surface area contributed by atoms with Gasteiger partial charge in [-0.1, -0.05) is 25.4 Å². The van der Waals surface area contributed by atoms with Gasteiger partial charge >= 0.3 is 0 Å². The van der Waals surface area contributed by atoms with Crippen LogP contribution >= 0.6 is 11.6 Å². The Labute approximate surface area is 110 Å². The molecule has 2 aromatic heterocycles. The fourth-order valence-corrected chi connectivity index (χ4v) is 1.78. The van der Waals surface area contributed by atoms with E-state index in [0.29, 0.717) is 22.5 Å². The first kappa shape index (κ1) is 12.8.